The van der Waals surface area contributed by atoms with Crippen LogP contribution in [0.3, 0.4) is 0 Å². The summed E-state index contributed by atoms with van der Waals surface area (Å²) in [6.45, 7) is 0.454. The van der Waals surface area contributed by atoms with Crippen LogP contribution in [0.2, 0.25) is 0 Å². The van der Waals surface area contributed by atoms with Gasteiger partial charge in [0.15, 0.2) is 0 Å². The molecule has 3 rings (SSSR count). The Bertz CT molecular complexity index is 633. The van der Waals surface area contributed by atoms with E-state index in [0.29, 0.717) is 13.0 Å². The zero-order valence-corrected chi connectivity index (χ0v) is 12.6. The van der Waals surface area contributed by atoms with Crippen LogP contribution in [0.4, 0.5) is 0 Å². The molecule has 0 radical (unpaired) electrons. The maximum absolute atomic E-state index is 11.9. The minimum atomic E-state index is -0.151. The van der Waals surface area contributed by atoms with E-state index in [0.717, 1.165) is 15.6 Å². The monoisotopic (exact) mass is 330 g/mol. The van der Waals surface area contributed by atoms with Gasteiger partial charge in [0, 0.05) is 0 Å². The molecule has 0 unspecified atom stereocenters. The van der Waals surface area contributed by atoms with E-state index in [-0.39, 0.29) is 20.9 Å². The number of carbonyl (C=O) groups is 1. The van der Waals surface area contributed by atoms with Crippen molar-refractivity contribution in [2.24, 2.45) is 0 Å². The van der Waals surface area contributed by atoms with Gasteiger partial charge in [0.2, 0.25) is 0 Å². The van der Waals surface area contributed by atoms with Crippen molar-refractivity contribution in [2.75, 3.05) is 6.61 Å². The molecule has 0 amide bonds. The molecule has 2 aromatic carbocycles. The number of hydrogen-bond donors (Lipinski definition) is 0. The summed E-state index contributed by atoms with van der Waals surface area (Å²) >= 11 is 0.164. The molecule has 0 N–H and O–H groups in total. The Balaban J connectivity index is 1.84. The Labute approximate surface area is 124 Å². The van der Waals surface area contributed by atoms with E-state index < -0.39 is 0 Å². The molecule has 0 saturated heterocycles. The Morgan fingerprint density at radius 3 is 2.30 bits per heavy atom. The Morgan fingerprint density at radius 2 is 1.60 bits per heavy atom. The van der Waals surface area contributed by atoms with E-state index in [1.807, 2.05) is 48.5 Å². The molecule has 100 valence electrons. The van der Waals surface area contributed by atoms with E-state index >= 15 is 0 Å². The third-order valence-corrected chi connectivity index (χ3v) is 5.47. The standard InChI is InChI=1S/C17H14O2Se/c18-17-15(11-13-7-3-1-4-8-13)16(12-19-17)20-14-9-5-2-6-10-14/h1-10H,11-12H2. The molecule has 1 heterocycles. The molecule has 2 aromatic rings. The minimum absolute atomic E-state index is 0.151. The summed E-state index contributed by atoms with van der Waals surface area (Å²) in [4.78, 5) is 11.9. The van der Waals surface area contributed by atoms with Gasteiger partial charge in [-0.15, -0.1) is 0 Å². The molecular formula is C17H14O2Se. The number of benzene rings is 2. The van der Waals surface area contributed by atoms with Crippen molar-refractivity contribution in [3.8, 4) is 0 Å². The van der Waals surface area contributed by atoms with Crippen LogP contribution in [-0.4, -0.2) is 27.5 Å². The molecule has 0 fully saturated rings. The topological polar surface area (TPSA) is 26.3 Å². The van der Waals surface area contributed by atoms with Gasteiger partial charge in [0.05, 0.1) is 0 Å². The number of esters is 1. The van der Waals surface area contributed by atoms with Crippen molar-refractivity contribution in [1.82, 2.24) is 0 Å². The first-order valence-corrected chi connectivity index (χ1v) is 8.20. The van der Waals surface area contributed by atoms with Gasteiger partial charge in [0.25, 0.3) is 0 Å². The maximum atomic E-state index is 11.9. The predicted octanol–water partition coefficient (Wildman–Crippen LogP) is 2.07. The van der Waals surface area contributed by atoms with Crippen molar-refractivity contribution >= 4 is 25.4 Å². The molecule has 0 bridgehead atoms. The summed E-state index contributed by atoms with van der Waals surface area (Å²) in [7, 11) is 0. The second kappa shape index (κ2) is 6.08. The average Bonchev–Trinajstić information content (AvgIpc) is 2.83. The van der Waals surface area contributed by atoms with Crippen molar-refractivity contribution in [3.05, 3.63) is 76.3 Å². The Morgan fingerprint density at radius 1 is 0.950 bits per heavy atom. The first-order valence-electron chi connectivity index (χ1n) is 6.49. The SMILES string of the molecule is O=C1OCC([Se]c2ccccc2)=C1Cc1ccccc1. The number of cyclic esters (lactones) is 1. The first-order chi connectivity index (χ1) is 9.83. The predicted molar refractivity (Wildman–Crippen MR) is 80.0 cm³/mol. The molecule has 0 atom stereocenters. The van der Waals surface area contributed by atoms with Crippen LogP contribution < -0.4 is 4.46 Å². The molecule has 2 nitrogen and oxygen atoms in total. The zero-order valence-electron chi connectivity index (χ0n) is 10.9. The molecule has 20 heavy (non-hydrogen) atoms. The molecule has 0 saturated carbocycles. The fourth-order valence-electron chi connectivity index (χ4n) is 2.11. The van der Waals surface area contributed by atoms with Gasteiger partial charge < -0.3 is 0 Å². The molecule has 0 aromatic heterocycles. The third kappa shape index (κ3) is 3.01. The van der Waals surface area contributed by atoms with Crippen LogP contribution in [0, 0.1) is 0 Å². The van der Waals surface area contributed by atoms with E-state index in [2.05, 4.69) is 12.1 Å². The molecule has 0 aliphatic carbocycles. The number of ether oxygens (including phenoxy) is 1. The number of carbonyl (C=O) groups excluding carboxylic acids is 1. The van der Waals surface area contributed by atoms with Crippen LogP contribution in [-0.2, 0) is 16.0 Å². The van der Waals surface area contributed by atoms with E-state index in [9.17, 15) is 4.79 Å². The molecule has 1 aliphatic heterocycles. The van der Waals surface area contributed by atoms with Crippen molar-refractivity contribution in [2.45, 2.75) is 6.42 Å². The molecule has 3 heteroatoms. The van der Waals surface area contributed by atoms with Gasteiger partial charge in [-0.2, -0.15) is 0 Å². The normalized spacial score (nSPS) is 14.5. The first kappa shape index (κ1) is 13.2. The van der Waals surface area contributed by atoms with Gasteiger partial charge in [-0.1, -0.05) is 0 Å². The fraction of sp³-hybridized carbons (Fsp3) is 0.118. The van der Waals surface area contributed by atoms with Crippen LogP contribution in [0.15, 0.2) is 70.7 Å². The average molecular weight is 329 g/mol. The van der Waals surface area contributed by atoms with Crippen LogP contribution in [0.25, 0.3) is 0 Å². The molecule has 1 aliphatic rings. The second-order valence-electron chi connectivity index (χ2n) is 4.56. The second-order valence-corrected chi connectivity index (χ2v) is 7.01. The van der Waals surface area contributed by atoms with Gasteiger partial charge in [-0.25, -0.2) is 0 Å². The summed E-state index contributed by atoms with van der Waals surface area (Å²) in [6.07, 6.45) is 0.670. The van der Waals surface area contributed by atoms with E-state index in [4.69, 9.17) is 4.74 Å². The van der Waals surface area contributed by atoms with Gasteiger partial charge in [-0.3, -0.25) is 0 Å². The van der Waals surface area contributed by atoms with Crippen molar-refractivity contribution in [3.63, 3.8) is 0 Å². The quantitative estimate of drug-likeness (QED) is 0.634. The van der Waals surface area contributed by atoms with Crippen molar-refractivity contribution < 1.29 is 9.53 Å². The van der Waals surface area contributed by atoms with Gasteiger partial charge in [0.1, 0.15) is 0 Å². The summed E-state index contributed by atoms with van der Waals surface area (Å²) in [5, 5.41) is 0. The van der Waals surface area contributed by atoms with E-state index in [1.54, 1.807) is 0 Å². The summed E-state index contributed by atoms with van der Waals surface area (Å²) in [6, 6.07) is 20.4. The zero-order chi connectivity index (χ0) is 13.8. The number of hydrogen-bond acceptors (Lipinski definition) is 2. The Kier molecular flexibility index (Phi) is 4.00. The molecule has 0 spiro atoms. The third-order valence-electron chi connectivity index (χ3n) is 3.13. The van der Waals surface area contributed by atoms with Crippen LogP contribution >= 0.6 is 0 Å². The fourth-order valence-corrected chi connectivity index (χ4v) is 4.16. The van der Waals surface area contributed by atoms with Gasteiger partial charge in [-0.05, 0) is 0 Å². The summed E-state index contributed by atoms with van der Waals surface area (Å²) < 4.78 is 7.67. The molecular weight excluding hydrogens is 315 g/mol. The van der Waals surface area contributed by atoms with E-state index in [1.165, 1.54) is 4.46 Å². The number of rotatable bonds is 4. The van der Waals surface area contributed by atoms with Crippen LogP contribution in [0.1, 0.15) is 5.56 Å². The van der Waals surface area contributed by atoms with Gasteiger partial charge >= 0.3 is 124 Å². The Hall–Kier alpha value is -1.83. The van der Waals surface area contributed by atoms with Crippen LogP contribution in [0.5, 0.6) is 0 Å². The summed E-state index contributed by atoms with van der Waals surface area (Å²) in [5.41, 5.74) is 2.00. The van der Waals surface area contributed by atoms with Crippen molar-refractivity contribution in [1.29, 1.82) is 0 Å². The summed E-state index contributed by atoms with van der Waals surface area (Å²) in [5.74, 6) is -0.151.